The van der Waals surface area contributed by atoms with Gasteiger partial charge in [-0.2, -0.15) is 4.31 Å². The molecule has 1 aliphatic rings. The second-order valence-corrected chi connectivity index (χ2v) is 11.0. The van der Waals surface area contributed by atoms with Crippen molar-refractivity contribution in [2.45, 2.75) is 44.2 Å². The maximum atomic E-state index is 13.4. The smallest absolute Gasteiger partial charge is 0.243 e. The van der Waals surface area contributed by atoms with Gasteiger partial charge in [0.05, 0.1) is 4.90 Å². The Balaban J connectivity index is 1.83. The fraction of sp³-hybridized carbons (Fsp3) is 0.391. The minimum absolute atomic E-state index is 0.0187. The number of hydrogen-bond acceptors (Lipinski definition) is 4. The highest BCUT2D eigenvalue weighted by atomic mass is 79.9. The lowest BCUT2D eigenvalue weighted by Crippen LogP contribution is -2.61. The van der Waals surface area contributed by atoms with Gasteiger partial charge in [-0.3, -0.25) is 9.59 Å². The van der Waals surface area contributed by atoms with Crippen molar-refractivity contribution in [1.82, 2.24) is 14.5 Å². The van der Waals surface area contributed by atoms with Crippen LogP contribution in [-0.2, 0) is 26.2 Å². The van der Waals surface area contributed by atoms with Crippen molar-refractivity contribution in [3.05, 3.63) is 64.1 Å². The summed E-state index contributed by atoms with van der Waals surface area (Å²) in [6.07, 6.45) is 0. The summed E-state index contributed by atoms with van der Waals surface area (Å²) in [6, 6.07) is 13.2. The Bertz CT molecular complexity index is 1070. The minimum atomic E-state index is -3.91. The molecule has 3 rings (SSSR count). The quantitative estimate of drug-likeness (QED) is 0.632. The number of rotatable bonds is 6. The number of carbonyl (C=O) groups excluding carboxylic acids is 2. The molecule has 32 heavy (non-hydrogen) atoms. The molecule has 7 nitrogen and oxygen atoms in total. The van der Waals surface area contributed by atoms with Crippen LogP contribution in [0.5, 0.6) is 0 Å². The monoisotopic (exact) mass is 521 g/mol. The van der Waals surface area contributed by atoms with Gasteiger partial charge >= 0.3 is 0 Å². The molecule has 1 heterocycles. The second kappa shape index (κ2) is 10.1. The number of nitrogens with one attached hydrogen (secondary N) is 1. The molecular weight excluding hydrogens is 494 g/mol. The van der Waals surface area contributed by atoms with Gasteiger partial charge in [0.25, 0.3) is 0 Å². The number of halogens is 1. The van der Waals surface area contributed by atoms with E-state index in [1.165, 1.54) is 16.1 Å². The molecule has 2 aromatic rings. The summed E-state index contributed by atoms with van der Waals surface area (Å²) in [5.41, 5.74) is 1.92. The molecule has 1 aliphatic heterocycles. The van der Waals surface area contributed by atoms with Crippen molar-refractivity contribution in [1.29, 1.82) is 0 Å². The molecule has 0 spiro atoms. The van der Waals surface area contributed by atoms with Crippen molar-refractivity contribution in [3.8, 4) is 0 Å². The lowest BCUT2D eigenvalue weighted by atomic mass is 10.0. The topological polar surface area (TPSA) is 86.8 Å². The van der Waals surface area contributed by atoms with Crippen LogP contribution in [0, 0.1) is 0 Å². The molecule has 1 fully saturated rings. The van der Waals surface area contributed by atoms with E-state index in [0.717, 1.165) is 15.6 Å². The average Bonchev–Trinajstić information content (AvgIpc) is 2.78. The van der Waals surface area contributed by atoms with E-state index in [2.05, 4.69) is 21.2 Å². The minimum Gasteiger partial charge on any atom is -0.351 e. The predicted molar refractivity (Wildman–Crippen MR) is 126 cm³/mol. The number of amides is 2. The average molecular weight is 522 g/mol. The van der Waals surface area contributed by atoms with Gasteiger partial charge in [0.15, 0.2) is 0 Å². The molecule has 0 radical (unpaired) electrons. The zero-order valence-corrected chi connectivity index (χ0v) is 20.8. The summed E-state index contributed by atoms with van der Waals surface area (Å²) >= 11 is 3.37. The normalized spacial score (nSPS) is 17.4. The highest BCUT2D eigenvalue weighted by molar-refractivity contribution is 9.10. The first-order valence-electron chi connectivity index (χ1n) is 10.5. The highest BCUT2D eigenvalue weighted by Gasteiger charge is 2.40. The van der Waals surface area contributed by atoms with Gasteiger partial charge in [-0.1, -0.05) is 54.0 Å². The van der Waals surface area contributed by atoms with E-state index < -0.39 is 22.0 Å². The third-order valence-corrected chi connectivity index (χ3v) is 8.06. The lowest BCUT2D eigenvalue weighted by molar-refractivity contribution is -0.134. The number of piperazine rings is 1. The summed E-state index contributed by atoms with van der Waals surface area (Å²) < 4.78 is 29.0. The van der Waals surface area contributed by atoms with Crippen LogP contribution in [0.4, 0.5) is 0 Å². The van der Waals surface area contributed by atoms with Gasteiger partial charge < -0.3 is 10.2 Å². The van der Waals surface area contributed by atoms with Crippen LogP contribution >= 0.6 is 15.9 Å². The maximum Gasteiger partial charge on any atom is 0.243 e. The molecule has 2 aromatic carbocycles. The van der Waals surface area contributed by atoms with Crippen LogP contribution < -0.4 is 5.32 Å². The molecule has 0 bridgehead atoms. The molecule has 1 unspecified atom stereocenters. The van der Waals surface area contributed by atoms with Crippen LogP contribution in [0.15, 0.2) is 57.9 Å². The van der Waals surface area contributed by atoms with E-state index in [9.17, 15) is 18.0 Å². The summed E-state index contributed by atoms with van der Waals surface area (Å²) in [4.78, 5) is 26.7. The number of carbonyl (C=O) groups is 2. The zero-order valence-electron chi connectivity index (χ0n) is 18.4. The Labute approximate surface area is 198 Å². The Morgan fingerprint density at radius 1 is 1.06 bits per heavy atom. The molecule has 0 saturated carbocycles. The molecule has 172 valence electrons. The van der Waals surface area contributed by atoms with Crippen LogP contribution in [0.25, 0.3) is 0 Å². The van der Waals surface area contributed by atoms with Crippen molar-refractivity contribution >= 4 is 37.8 Å². The zero-order chi connectivity index (χ0) is 23.5. The Kier molecular flexibility index (Phi) is 7.74. The number of benzene rings is 2. The third-order valence-electron chi connectivity index (χ3n) is 5.61. The Hall–Kier alpha value is -2.23. The van der Waals surface area contributed by atoms with Crippen molar-refractivity contribution in [2.75, 3.05) is 19.6 Å². The molecule has 0 aliphatic carbocycles. The van der Waals surface area contributed by atoms with Gasteiger partial charge in [0.2, 0.25) is 21.8 Å². The Morgan fingerprint density at radius 2 is 1.69 bits per heavy atom. The Morgan fingerprint density at radius 3 is 2.25 bits per heavy atom. The van der Waals surface area contributed by atoms with Gasteiger partial charge in [-0.15, -0.1) is 0 Å². The van der Waals surface area contributed by atoms with E-state index in [0.29, 0.717) is 0 Å². The van der Waals surface area contributed by atoms with Crippen LogP contribution in [0.1, 0.15) is 37.8 Å². The van der Waals surface area contributed by atoms with E-state index >= 15 is 0 Å². The molecule has 1 saturated heterocycles. The number of nitrogens with zero attached hydrogens (tertiary/aromatic N) is 2. The second-order valence-electron chi connectivity index (χ2n) is 8.16. The van der Waals surface area contributed by atoms with Crippen LogP contribution in [0.2, 0.25) is 0 Å². The van der Waals surface area contributed by atoms with Crippen molar-refractivity contribution in [3.63, 3.8) is 0 Å². The van der Waals surface area contributed by atoms with Gasteiger partial charge in [0, 0.05) is 37.6 Å². The summed E-state index contributed by atoms with van der Waals surface area (Å²) in [5, 5.41) is 2.83. The predicted octanol–water partition coefficient (Wildman–Crippen LogP) is 3.11. The fourth-order valence-corrected chi connectivity index (χ4v) is 5.46. The van der Waals surface area contributed by atoms with Crippen molar-refractivity contribution in [2.24, 2.45) is 0 Å². The third kappa shape index (κ3) is 5.57. The molecule has 9 heteroatoms. The maximum absolute atomic E-state index is 13.4. The fourth-order valence-electron chi connectivity index (χ4n) is 3.62. The first-order valence-corrected chi connectivity index (χ1v) is 12.7. The van der Waals surface area contributed by atoms with Gasteiger partial charge in [0.1, 0.15) is 6.04 Å². The summed E-state index contributed by atoms with van der Waals surface area (Å²) in [5.74, 6) is -0.335. The number of hydrogen-bond donors (Lipinski definition) is 1. The van der Waals surface area contributed by atoms with E-state index in [1.807, 2.05) is 38.1 Å². The van der Waals surface area contributed by atoms with Gasteiger partial charge in [-0.25, -0.2) is 8.42 Å². The molecule has 2 amide bonds. The summed E-state index contributed by atoms with van der Waals surface area (Å²) in [7, 11) is -3.91. The van der Waals surface area contributed by atoms with Crippen LogP contribution in [-0.4, -0.2) is 55.1 Å². The molecular formula is C23H28BrN3O4S. The SMILES string of the molecule is CC(=O)N1CCN(S(=O)(=O)c2ccc(C(C)C)cc2)C(C(=O)NCc2ccc(Br)cc2)C1. The van der Waals surface area contributed by atoms with E-state index in [-0.39, 0.29) is 42.9 Å². The first kappa shape index (κ1) is 24.4. The van der Waals surface area contributed by atoms with Crippen molar-refractivity contribution < 1.29 is 18.0 Å². The molecule has 0 aromatic heterocycles. The summed E-state index contributed by atoms with van der Waals surface area (Å²) in [6.45, 7) is 6.09. The van der Waals surface area contributed by atoms with Crippen LogP contribution in [0.3, 0.4) is 0 Å². The molecule has 1 N–H and O–H groups in total. The largest absolute Gasteiger partial charge is 0.351 e. The number of sulfonamides is 1. The first-order chi connectivity index (χ1) is 15.1. The highest BCUT2D eigenvalue weighted by Crippen LogP contribution is 2.24. The van der Waals surface area contributed by atoms with Gasteiger partial charge in [-0.05, 0) is 41.3 Å². The molecule has 1 atom stereocenters. The standard InChI is InChI=1S/C23H28BrN3O4S/c1-16(2)19-6-10-21(11-7-19)32(30,31)27-13-12-26(17(3)28)15-22(27)23(29)25-14-18-4-8-20(24)9-5-18/h4-11,16,22H,12-15H2,1-3H3,(H,25,29). The lowest BCUT2D eigenvalue weighted by Gasteiger charge is -2.39. The van der Waals surface area contributed by atoms with E-state index in [4.69, 9.17) is 0 Å². The van der Waals surface area contributed by atoms with E-state index in [1.54, 1.807) is 24.3 Å².